The van der Waals surface area contributed by atoms with Gasteiger partial charge in [0.05, 0.1) is 0 Å². The number of carboxylic acids is 3. The Morgan fingerprint density at radius 3 is 0.750 bits per heavy atom. The zero-order valence-electron chi connectivity index (χ0n) is 8.42. The number of carboxylic acid groups (broad SMARTS) is 3. The predicted octanol–water partition coefficient (Wildman–Crippen LogP) is 0.769. The summed E-state index contributed by atoms with van der Waals surface area (Å²) < 4.78 is 0. The summed E-state index contributed by atoms with van der Waals surface area (Å²) in [5.41, 5.74) is 0. The summed E-state index contributed by atoms with van der Waals surface area (Å²) in [6, 6.07) is 0. The summed E-state index contributed by atoms with van der Waals surface area (Å²) in [7, 11) is 0. The third-order valence-corrected chi connectivity index (χ3v) is 0.524. The Morgan fingerprint density at radius 1 is 0.688 bits per heavy atom. The van der Waals surface area contributed by atoms with Crippen molar-refractivity contribution in [1.82, 2.24) is 0 Å². The molecule has 0 aliphatic carbocycles. The van der Waals surface area contributed by atoms with Gasteiger partial charge >= 0.3 is 17.9 Å². The summed E-state index contributed by atoms with van der Waals surface area (Å²) in [5.74, 6) is -2.94. The molecule has 16 heavy (non-hydrogen) atoms. The van der Waals surface area contributed by atoms with E-state index in [4.69, 9.17) is 15.3 Å². The standard InChI is InChI=1S/3C3H4O2.Ti/c3*1-2-3(4)5;/h3*2H,1H2,(H,4,5);. The molecule has 0 unspecified atom stereocenters. The van der Waals surface area contributed by atoms with Crippen LogP contribution in [0.1, 0.15) is 0 Å². The van der Waals surface area contributed by atoms with E-state index in [9.17, 15) is 14.4 Å². The summed E-state index contributed by atoms with van der Waals surface area (Å²) in [6.45, 7) is 8.88. The third kappa shape index (κ3) is 84.2. The largest absolute Gasteiger partial charge is 0.478 e. The topological polar surface area (TPSA) is 112 Å². The summed E-state index contributed by atoms with van der Waals surface area (Å²) >= 11 is 0. The van der Waals surface area contributed by atoms with Crippen molar-refractivity contribution in [3.8, 4) is 0 Å². The van der Waals surface area contributed by atoms with Gasteiger partial charge in [0.2, 0.25) is 0 Å². The van der Waals surface area contributed by atoms with Gasteiger partial charge in [-0.25, -0.2) is 14.4 Å². The zero-order valence-corrected chi connectivity index (χ0v) is 9.98. The van der Waals surface area contributed by atoms with Crippen molar-refractivity contribution >= 4 is 17.9 Å². The summed E-state index contributed by atoms with van der Waals surface area (Å²) in [5, 5.41) is 22.8. The van der Waals surface area contributed by atoms with E-state index in [1.54, 1.807) is 0 Å². The van der Waals surface area contributed by atoms with Crippen LogP contribution >= 0.6 is 0 Å². The van der Waals surface area contributed by atoms with Crippen LogP contribution in [-0.4, -0.2) is 33.2 Å². The van der Waals surface area contributed by atoms with E-state index in [-0.39, 0.29) is 21.7 Å². The molecule has 0 spiro atoms. The van der Waals surface area contributed by atoms with Crippen LogP contribution in [-0.2, 0) is 36.1 Å². The van der Waals surface area contributed by atoms with Gasteiger partial charge in [0, 0.05) is 39.9 Å². The van der Waals surface area contributed by atoms with E-state index < -0.39 is 17.9 Å². The average molecular weight is 264 g/mol. The molecule has 0 bridgehead atoms. The van der Waals surface area contributed by atoms with E-state index in [1.165, 1.54) is 0 Å². The minimum absolute atomic E-state index is 0. The van der Waals surface area contributed by atoms with Crippen LogP contribution in [0.3, 0.4) is 0 Å². The molecule has 88 valence electrons. The molecule has 0 aliphatic rings. The number of aliphatic carboxylic acids is 3. The molecular weight excluding hydrogens is 252 g/mol. The maximum absolute atomic E-state index is 9.25. The molecule has 0 saturated carbocycles. The first-order valence-corrected chi connectivity index (χ1v) is 3.37. The van der Waals surface area contributed by atoms with Crippen molar-refractivity contribution < 1.29 is 51.4 Å². The minimum Gasteiger partial charge on any atom is -0.478 e. The Labute approximate surface area is 107 Å². The smallest absolute Gasteiger partial charge is 0.327 e. The Hall–Kier alpha value is -1.66. The van der Waals surface area contributed by atoms with E-state index in [0.29, 0.717) is 0 Å². The monoisotopic (exact) mass is 264 g/mol. The second kappa shape index (κ2) is 19.0. The predicted molar refractivity (Wildman–Crippen MR) is 53.5 cm³/mol. The molecule has 0 radical (unpaired) electrons. The molecule has 0 amide bonds. The zero-order chi connectivity index (χ0) is 12.9. The molecule has 0 rings (SSSR count). The fraction of sp³-hybridized carbons (Fsp3) is 0. The van der Waals surface area contributed by atoms with E-state index in [1.807, 2.05) is 0 Å². The van der Waals surface area contributed by atoms with Gasteiger partial charge < -0.3 is 15.3 Å². The number of hydrogen-bond acceptors (Lipinski definition) is 3. The van der Waals surface area contributed by atoms with Crippen molar-refractivity contribution in [3.05, 3.63) is 38.0 Å². The van der Waals surface area contributed by atoms with Gasteiger partial charge in [-0.05, 0) is 0 Å². The quantitative estimate of drug-likeness (QED) is 0.512. The van der Waals surface area contributed by atoms with Crippen molar-refractivity contribution in [1.29, 1.82) is 0 Å². The maximum atomic E-state index is 9.25. The van der Waals surface area contributed by atoms with Crippen molar-refractivity contribution in [3.63, 3.8) is 0 Å². The van der Waals surface area contributed by atoms with Gasteiger partial charge in [-0.1, -0.05) is 19.7 Å². The van der Waals surface area contributed by atoms with Crippen molar-refractivity contribution in [2.24, 2.45) is 0 Å². The molecule has 0 saturated heterocycles. The summed E-state index contributed by atoms with van der Waals surface area (Å²) in [6.07, 6.45) is 2.50. The van der Waals surface area contributed by atoms with Crippen molar-refractivity contribution in [2.45, 2.75) is 0 Å². The number of carbonyl (C=O) groups is 3. The van der Waals surface area contributed by atoms with E-state index in [2.05, 4.69) is 19.7 Å². The minimum atomic E-state index is -0.981. The van der Waals surface area contributed by atoms with Crippen LogP contribution in [0.4, 0.5) is 0 Å². The molecule has 6 nitrogen and oxygen atoms in total. The Kier molecular flexibility index (Phi) is 28.4. The van der Waals surface area contributed by atoms with Crippen LogP contribution < -0.4 is 0 Å². The number of hydrogen-bond donors (Lipinski definition) is 3. The van der Waals surface area contributed by atoms with Crippen LogP contribution in [0.2, 0.25) is 0 Å². The second-order valence-electron chi connectivity index (χ2n) is 1.63. The second-order valence-corrected chi connectivity index (χ2v) is 1.63. The average Bonchev–Trinajstić information content (AvgIpc) is 2.19. The van der Waals surface area contributed by atoms with Crippen LogP contribution in [0.15, 0.2) is 38.0 Å². The fourth-order valence-electron chi connectivity index (χ4n) is 0. The van der Waals surface area contributed by atoms with Crippen molar-refractivity contribution in [2.75, 3.05) is 0 Å². The normalized spacial score (nSPS) is 6.00. The van der Waals surface area contributed by atoms with Gasteiger partial charge in [-0.2, -0.15) is 0 Å². The SMILES string of the molecule is C=CC(=O)O.C=CC(=O)O.C=CC(=O)O.[Ti]. The first kappa shape index (κ1) is 23.9. The maximum Gasteiger partial charge on any atom is 0.327 e. The van der Waals surface area contributed by atoms with Gasteiger partial charge in [0.15, 0.2) is 0 Å². The van der Waals surface area contributed by atoms with Gasteiger partial charge in [-0.15, -0.1) is 0 Å². The molecule has 0 atom stereocenters. The molecule has 7 heteroatoms. The third-order valence-electron chi connectivity index (χ3n) is 0.524. The van der Waals surface area contributed by atoms with Crippen LogP contribution in [0, 0.1) is 0 Å². The molecule has 0 heterocycles. The number of rotatable bonds is 3. The van der Waals surface area contributed by atoms with Crippen LogP contribution in [0.25, 0.3) is 0 Å². The van der Waals surface area contributed by atoms with Gasteiger partial charge in [-0.3, -0.25) is 0 Å². The fourth-order valence-corrected chi connectivity index (χ4v) is 0. The molecule has 0 aliphatic heterocycles. The molecular formula is C9H12O6Ti. The molecule has 0 aromatic carbocycles. The first-order valence-electron chi connectivity index (χ1n) is 3.37. The van der Waals surface area contributed by atoms with Gasteiger partial charge in [0.1, 0.15) is 0 Å². The van der Waals surface area contributed by atoms with Crippen LogP contribution in [0.5, 0.6) is 0 Å². The first-order chi connectivity index (χ1) is 6.81. The summed E-state index contributed by atoms with van der Waals surface area (Å²) in [4.78, 5) is 27.8. The van der Waals surface area contributed by atoms with E-state index >= 15 is 0 Å². The molecule has 0 aromatic rings. The Morgan fingerprint density at radius 2 is 0.750 bits per heavy atom. The Balaban J connectivity index is -0.0000000655. The molecule has 3 N–H and O–H groups in total. The van der Waals surface area contributed by atoms with E-state index in [0.717, 1.165) is 18.2 Å². The molecule has 0 fully saturated rings. The Bertz CT molecular complexity index is 216. The molecule has 0 aromatic heterocycles. The van der Waals surface area contributed by atoms with Gasteiger partial charge in [0.25, 0.3) is 0 Å².